The number of thiocarbonyl (C=S) groups is 1. The maximum atomic E-state index is 11.3. The summed E-state index contributed by atoms with van der Waals surface area (Å²) in [6, 6.07) is 6.31. The van der Waals surface area contributed by atoms with Crippen molar-refractivity contribution >= 4 is 33.0 Å². The number of nitrogens with two attached hydrogens (primary N) is 1. The standard InChI is InChI=1S/C11H14N2O3S2/c1-18(15,16)9-4-2-8(3-5-9)7-13-11(14)6-10(12)17/h2-5H,6-7H2,1H3,(H2,12,17)(H,13,14). The maximum absolute atomic E-state index is 11.3. The van der Waals surface area contributed by atoms with Crippen molar-refractivity contribution in [3.63, 3.8) is 0 Å². The van der Waals surface area contributed by atoms with E-state index >= 15 is 0 Å². The number of benzene rings is 1. The van der Waals surface area contributed by atoms with Crippen LogP contribution in [0.5, 0.6) is 0 Å². The monoisotopic (exact) mass is 286 g/mol. The fourth-order valence-corrected chi connectivity index (χ4v) is 2.04. The third kappa shape index (κ3) is 4.80. The number of rotatable bonds is 5. The Morgan fingerprint density at radius 2 is 1.89 bits per heavy atom. The van der Waals surface area contributed by atoms with E-state index in [0.717, 1.165) is 11.8 Å². The van der Waals surface area contributed by atoms with E-state index < -0.39 is 9.84 Å². The lowest BCUT2D eigenvalue weighted by Gasteiger charge is -2.05. The predicted molar refractivity (Wildman–Crippen MR) is 72.8 cm³/mol. The van der Waals surface area contributed by atoms with Gasteiger partial charge in [-0.3, -0.25) is 4.79 Å². The Morgan fingerprint density at radius 3 is 2.33 bits per heavy atom. The molecule has 1 amide bonds. The van der Waals surface area contributed by atoms with Crippen LogP contribution in [0.25, 0.3) is 0 Å². The van der Waals surface area contributed by atoms with E-state index in [0.29, 0.717) is 6.54 Å². The molecule has 0 bridgehead atoms. The van der Waals surface area contributed by atoms with E-state index in [9.17, 15) is 13.2 Å². The number of amides is 1. The zero-order valence-electron chi connectivity index (χ0n) is 9.84. The van der Waals surface area contributed by atoms with Crippen LogP contribution in [0.3, 0.4) is 0 Å². The summed E-state index contributed by atoms with van der Waals surface area (Å²) in [4.78, 5) is 11.7. The van der Waals surface area contributed by atoms with Gasteiger partial charge in [0.2, 0.25) is 5.91 Å². The van der Waals surface area contributed by atoms with Crippen LogP contribution in [0.1, 0.15) is 12.0 Å². The van der Waals surface area contributed by atoms with Crippen LogP contribution in [0.4, 0.5) is 0 Å². The number of carbonyl (C=O) groups is 1. The van der Waals surface area contributed by atoms with E-state index in [-0.39, 0.29) is 22.2 Å². The highest BCUT2D eigenvalue weighted by Gasteiger charge is 2.07. The van der Waals surface area contributed by atoms with Gasteiger partial charge in [0.15, 0.2) is 9.84 Å². The van der Waals surface area contributed by atoms with Crippen molar-refractivity contribution in [2.75, 3.05) is 6.26 Å². The molecule has 3 N–H and O–H groups in total. The van der Waals surface area contributed by atoms with Gasteiger partial charge in [-0.1, -0.05) is 24.4 Å². The molecular formula is C11H14N2O3S2. The van der Waals surface area contributed by atoms with Crippen LogP contribution in [-0.2, 0) is 21.2 Å². The summed E-state index contributed by atoms with van der Waals surface area (Å²) in [5.74, 6) is -0.255. The first-order valence-electron chi connectivity index (χ1n) is 5.13. The summed E-state index contributed by atoms with van der Waals surface area (Å²) in [6.45, 7) is 0.311. The molecule has 0 aliphatic rings. The largest absolute Gasteiger partial charge is 0.393 e. The fourth-order valence-electron chi connectivity index (χ4n) is 1.28. The minimum Gasteiger partial charge on any atom is -0.393 e. The predicted octanol–water partition coefficient (Wildman–Crippen LogP) is 0.383. The quantitative estimate of drug-likeness (QED) is 0.764. The smallest absolute Gasteiger partial charge is 0.227 e. The van der Waals surface area contributed by atoms with Crippen molar-refractivity contribution < 1.29 is 13.2 Å². The summed E-state index contributed by atoms with van der Waals surface area (Å²) in [5, 5.41) is 2.63. The van der Waals surface area contributed by atoms with Crippen LogP contribution < -0.4 is 11.1 Å². The summed E-state index contributed by atoms with van der Waals surface area (Å²) < 4.78 is 22.5. The van der Waals surface area contributed by atoms with Crippen molar-refractivity contribution in [1.82, 2.24) is 5.32 Å². The fraction of sp³-hybridized carbons (Fsp3) is 0.273. The summed E-state index contributed by atoms with van der Waals surface area (Å²) >= 11 is 4.61. The van der Waals surface area contributed by atoms with Gasteiger partial charge in [0.25, 0.3) is 0 Å². The van der Waals surface area contributed by atoms with Gasteiger partial charge in [-0.25, -0.2) is 8.42 Å². The topological polar surface area (TPSA) is 89.3 Å². The van der Waals surface area contributed by atoms with Crippen LogP contribution in [0.2, 0.25) is 0 Å². The molecule has 0 aliphatic carbocycles. The Labute approximate surface area is 111 Å². The number of sulfone groups is 1. The van der Waals surface area contributed by atoms with E-state index in [4.69, 9.17) is 5.73 Å². The molecule has 0 fully saturated rings. The van der Waals surface area contributed by atoms with Crippen LogP contribution in [-0.4, -0.2) is 25.6 Å². The van der Waals surface area contributed by atoms with Gasteiger partial charge in [-0.15, -0.1) is 0 Å². The van der Waals surface area contributed by atoms with Gasteiger partial charge >= 0.3 is 0 Å². The molecule has 0 unspecified atom stereocenters. The van der Waals surface area contributed by atoms with Gasteiger partial charge in [0.1, 0.15) is 0 Å². The molecule has 0 saturated heterocycles. The Balaban J connectivity index is 2.60. The highest BCUT2D eigenvalue weighted by atomic mass is 32.2. The van der Waals surface area contributed by atoms with Gasteiger partial charge in [0.05, 0.1) is 16.3 Å². The van der Waals surface area contributed by atoms with E-state index in [2.05, 4.69) is 17.5 Å². The Bertz CT molecular complexity index is 550. The first-order valence-corrected chi connectivity index (χ1v) is 7.43. The second-order valence-corrected chi connectivity index (χ2v) is 6.38. The number of nitrogens with one attached hydrogen (secondary N) is 1. The highest BCUT2D eigenvalue weighted by molar-refractivity contribution is 7.90. The minimum absolute atomic E-state index is 0.0107. The van der Waals surface area contributed by atoms with Crippen molar-refractivity contribution in [2.45, 2.75) is 17.9 Å². The lowest BCUT2D eigenvalue weighted by Crippen LogP contribution is -2.27. The Kier molecular flexibility index (Phi) is 4.80. The molecule has 0 heterocycles. The molecule has 18 heavy (non-hydrogen) atoms. The van der Waals surface area contributed by atoms with Crippen LogP contribution in [0, 0.1) is 0 Å². The first-order chi connectivity index (χ1) is 8.29. The van der Waals surface area contributed by atoms with Crippen molar-refractivity contribution in [3.05, 3.63) is 29.8 Å². The second-order valence-electron chi connectivity index (χ2n) is 3.84. The van der Waals surface area contributed by atoms with E-state index in [1.54, 1.807) is 12.1 Å². The third-order valence-electron chi connectivity index (χ3n) is 2.18. The second kappa shape index (κ2) is 5.92. The molecule has 1 rings (SSSR count). The zero-order valence-corrected chi connectivity index (χ0v) is 11.5. The molecule has 0 atom stereocenters. The Hall–Kier alpha value is -1.47. The van der Waals surface area contributed by atoms with E-state index in [1.807, 2.05) is 0 Å². The maximum Gasteiger partial charge on any atom is 0.227 e. The summed E-state index contributed by atoms with van der Waals surface area (Å²) in [7, 11) is -3.19. The molecule has 0 saturated carbocycles. The number of hydrogen-bond donors (Lipinski definition) is 2. The van der Waals surface area contributed by atoms with Crippen LogP contribution >= 0.6 is 12.2 Å². The SMILES string of the molecule is CS(=O)(=O)c1ccc(CNC(=O)CC(N)=S)cc1. The average molecular weight is 286 g/mol. The molecule has 7 heteroatoms. The lowest BCUT2D eigenvalue weighted by atomic mass is 10.2. The average Bonchev–Trinajstić information content (AvgIpc) is 2.25. The normalized spacial score (nSPS) is 10.9. The molecule has 0 aromatic heterocycles. The zero-order chi connectivity index (χ0) is 13.8. The third-order valence-corrected chi connectivity index (χ3v) is 3.45. The number of carbonyl (C=O) groups excluding carboxylic acids is 1. The summed E-state index contributed by atoms with van der Waals surface area (Å²) in [6.07, 6.45) is 1.16. The molecule has 1 aromatic rings. The van der Waals surface area contributed by atoms with Gasteiger partial charge < -0.3 is 11.1 Å². The first kappa shape index (κ1) is 14.6. The molecule has 0 aliphatic heterocycles. The van der Waals surface area contributed by atoms with Crippen LogP contribution in [0.15, 0.2) is 29.2 Å². The van der Waals surface area contributed by atoms with E-state index in [1.165, 1.54) is 12.1 Å². The molecular weight excluding hydrogens is 272 g/mol. The van der Waals surface area contributed by atoms with Crippen molar-refractivity contribution in [2.24, 2.45) is 5.73 Å². The minimum atomic E-state index is -3.19. The molecule has 0 spiro atoms. The van der Waals surface area contributed by atoms with Gasteiger partial charge in [-0.2, -0.15) is 0 Å². The lowest BCUT2D eigenvalue weighted by molar-refractivity contribution is -0.120. The summed E-state index contributed by atoms with van der Waals surface area (Å²) in [5.41, 5.74) is 6.04. The highest BCUT2D eigenvalue weighted by Crippen LogP contribution is 2.10. The molecule has 1 aromatic carbocycles. The molecule has 5 nitrogen and oxygen atoms in total. The molecule has 0 radical (unpaired) electrons. The Morgan fingerprint density at radius 1 is 1.33 bits per heavy atom. The number of hydrogen-bond acceptors (Lipinski definition) is 4. The van der Waals surface area contributed by atoms with Gasteiger partial charge in [0, 0.05) is 12.8 Å². The molecule has 98 valence electrons. The van der Waals surface area contributed by atoms with Crippen molar-refractivity contribution in [3.8, 4) is 0 Å². The van der Waals surface area contributed by atoms with Crippen molar-refractivity contribution in [1.29, 1.82) is 0 Å². The van der Waals surface area contributed by atoms with Gasteiger partial charge in [-0.05, 0) is 17.7 Å².